The molecule has 262 valence electrons. The Morgan fingerprint density at radius 3 is 2.06 bits per heavy atom. The highest BCUT2D eigenvalue weighted by molar-refractivity contribution is 6.99. The third kappa shape index (κ3) is 7.44. The van der Waals surface area contributed by atoms with E-state index in [1.165, 1.54) is 10.7 Å². The molecule has 4 aromatic rings. The number of benzene rings is 3. The van der Waals surface area contributed by atoms with Crippen LogP contribution in [-0.2, 0) is 31.3 Å². The molecule has 0 bridgehead atoms. The Morgan fingerprint density at radius 1 is 0.918 bits per heavy atom. The third-order valence-corrected chi connectivity index (χ3v) is 14.0. The van der Waals surface area contributed by atoms with E-state index in [0.29, 0.717) is 16.6 Å². The number of carbonyl (C=O) groups is 2. The van der Waals surface area contributed by atoms with Crippen LogP contribution < -0.4 is 15.7 Å². The van der Waals surface area contributed by atoms with Crippen LogP contribution in [0.2, 0.25) is 5.04 Å². The van der Waals surface area contributed by atoms with Crippen molar-refractivity contribution < 1.29 is 27.9 Å². The van der Waals surface area contributed by atoms with Crippen molar-refractivity contribution >= 4 is 41.6 Å². The fraction of sp³-hybridized carbons (Fsp3) is 0.447. The molecule has 1 N–H and O–H groups in total. The summed E-state index contributed by atoms with van der Waals surface area (Å²) in [5, 5.41) is 10.2. The first-order valence-corrected chi connectivity index (χ1v) is 18.7. The van der Waals surface area contributed by atoms with Crippen molar-refractivity contribution in [2.75, 3.05) is 19.8 Å². The number of fused-ring (bicyclic) bond motifs is 1. The van der Waals surface area contributed by atoms with Crippen LogP contribution in [-0.4, -0.2) is 72.5 Å². The van der Waals surface area contributed by atoms with Crippen molar-refractivity contribution in [3.8, 4) is 0 Å². The number of nitrogens with one attached hydrogen (secondary N) is 1. The second kappa shape index (κ2) is 13.7. The molecule has 2 heterocycles. The van der Waals surface area contributed by atoms with Crippen LogP contribution in [0.3, 0.4) is 0 Å². The normalized spacial score (nSPS) is 17.6. The largest absolute Gasteiger partial charge is 0.444 e. The van der Waals surface area contributed by atoms with E-state index in [2.05, 4.69) is 55.5 Å². The van der Waals surface area contributed by atoms with Gasteiger partial charge in [0.2, 0.25) is 0 Å². The van der Waals surface area contributed by atoms with Gasteiger partial charge < -0.3 is 19.2 Å². The summed E-state index contributed by atoms with van der Waals surface area (Å²) in [5.74, 6) is -0.809. The van der Waals surface area contributed by atoms with Gasteiger partial charge in [-0.2, -0.15) is 5.10 Å². The lowest BCUT2D eigenvalue weighted by atomic mass is 9.96. The van der Waals surface area contributed by atoms with E-state index < -0.39 is 49.4 Å². The van der Waals surface area contributed by atoms with Gasteiger partial charge in [0, 0.05) is 12.4 Å². The van der Waals surface area contributed by atoms with Gasteiger partial charge in [-0.1, -0.05) is 93.6 Å². The summed E-state index contributed by atoms with van der Waals surface area (Å²) in [6, 6.07) is 24.9. The molecule has 5 rings (SSSR count). The maximum Gasteiger partial charge on any atom is 0.410 e. The van der Waals surface area contributed by atoms with Crippen LogP contribution in [0, 0.1) is 5.82 Å². The lowest BCUT2D eigenvalue weighted by Crippen LogP contribution is -2.68. The lowest BCUT2D eigenvalue weighted by Gasteiger charge is -2.46. The molecule has 0 saturated carbocycles. The zero-order valence-corrected chi connectivity index (χ0v) is 31.0. The molecule has 1 aliphatic heterocycles. The SMILES string of the molecule is Cn1nc(C(C)(C)NC(=O)[C@@H]2CN(C(=O)OC(C)(C)C)[C@H](CO[Si](c3ccccc3)(c3ccccc3)C(C)(C)C)CO2)c2cccc(F)c21. The molecule has 9 nitrogen and oxygen atoms in total. The number of amides is 2. The van der Waals surface area contributed by atoms with Gasteiger partial charge in [0.05, 0.1) is 37.0 Å². The topological polar surface area (TPSA) is 94.9 Å². The minimum Gasteiger partial charge on any atom is -0.444 e. The van der Waals surface area contributed by atoms with E-state index >= 15 is 0 Å². The van der Waals surface area contributed by atoms with Crippen molar-refractivity contribution in [1.29, 1.82) is 0 Å². The number of hydrogen-bond donors (Lipinski definition) is 1. The van der Waals surface area contributed by atoms with Gasteiger partial charge in [0.15, 0.2) is 6.10 Å². The van der Waals surface area contributed by atoms with Gasteiger partial charge in [0.25, 0.3) is 14.2 Å². The molecule has 2 atom stereocenters. The van der Waals surface area contributed by atoms with Crippen molar-refractivity contribution in [2.24, 2.45) is 7.05 Å². The van der Waals surface area contributed by atoms with Gasteiger partial charge >= 0.3 is 6.09 Å². The fourth-order valence-electron chi connectivity index (χ4n) is 6.72. The lowest BCUT2D eigenvalue weighted by molar-refractivity contribution is -0.144. The molecule has 2 amide bonds. The van der Waals surface area contributed by atoms with Gasteiger partial charge in [-0.25, -0.2) is 9.18 Å². The number of morpholine rings is 1. The van der Waals surface area contributed by atoms with Gasteiger partial charge in [0.1, 0.15) is 16.9 Å². The Labute approximate surface area is 289 Å². The van der Waals surface area contributed by atoms with Gasteiger partial charge in [-0.05, 0) is 56.1 Å². The van der Waals surface area contributed by atoms with Crippen molar-refractivity contribution in [2.45, 2.75) is 83.7 Å². The Hall–Kier alpha value is -4.06. The van der Waals surface area contributed by atoms with Crippen molar-refractivity contribution in [3.63, 3.8) is 0 Å². The fourth-order valence-corrected chi connectivity index (χ4v) is 11.3. The first kappa shape index (κ1) is 36.2. The first-order valence-electron chi connectivity index (χ1n) is 16.7. The smallest absolute Gasteiger partial charge is 0.410 e. The highest BCUT2D eigenvalue weighted by Gasteiger charge is 2.51. The molecule has 49 heavy (non-hydrogen) atoms. The summed E-state index contributed by atoms with van der Waals surface area (Å²) in [5.41, 5.74) is -0.857. The Bertz CT molecular complexity index is 1740. The quantitative estimate of drug-likeness (QED) is 0.241. The van der Waals surface area contributed by atoms with Crippen LogP contribution in [0.25, 0.3) is 10.9 Å². The predicted octanol–water partition coefficient (Wildman–Crippen LogP) is 5.64. The first-order chi connectivity index (χ1) is 22.9. The minimum atomic E-state index is -2.93. The van der Waals surface area contributed by atoms with E-state index in [1.54, 1.807) is 24.1 Å². The number of halogens is 1. The van der Waals surface area contributed by atoms with Gasteiger partial charge in [-0.15, -0.1) is 0 Å². The number of para-hydroxylation sites is 1. The molecule has 1 fully saturated rings. The minimum absolute atomic E-state index is 0.0385. The molecular weight excluding hydrogens is 640 g/mol. The zero-order chi connectivity index (χ0) is 35.8. The van der Waals surface area contributed by atoms with E-state index in [1.807, 2.05) is 71.0 Å². The number of ether oxygens (including phenoxy) is 2. The molecule has 0 spiro atoms. The molecular formula is C38H49FN4O5Si. The van der Waals surface area contributed by atoms with Crippen LogP contribution in [0.4, 0.5) is 9.18 Å². The van der Waals surface area contributed by atoms with Crippen molar-refractivity contribution in [1.82, 2.24) is 20.0 Å². The highest BCUT2D eigenvalue weighted by atomic mass is 28.4. The third-order valence-electron chi connectivity index (χ3n) is 8.97. The maximum absolute atomic E-state index is 14.6. The highest BCUT2D eigenvalue weighted by Crippen LogP contribution is 2.37. The number of rotatable bonds is 8. The summed E-state index contributed by atoms with van der Waals surface area (Å²) >= 11 is 0. The summed E-state index contributed by atoms with van der Waals surface area (Å²) in [7, 11) is -1.26. The summed E-state index contributed by atoms with van der Waals surface area (Å²) in [4.78, 5) is 29.2. The second-order valence-electron chi connectivity index (χ2n) is 15.3. The molecule has 1 saturated heterocycles. The predicted molar refractivity (Wildman–Crippen MR) is 192 cm³/mol. The molecule has 0 aliphatic carbocycles. The zero-order valence-electron chi connectivity index (χ0n) is 30.0. The average Bonchev–Trinajstić information content (AvgIpc) is 3.39. The molecule has 1 aromatic heterocycles. The van der Waals surface area contributed by atoms with E-state index in [-0.39, 0.29) is 24.8 Å². The molecule has 0 radical (unpaired) electrons. The molecule has 3 aromatic carbocycles. The monoisotopic (exact) mass is 688 g/mol. The Kier molecular flexibility index (Phi) is 10.1. The van der Waals surface area contributed by atoms with E-state index in [9.17, 15) is 14.0 Å². The van der Waals surface area contributed by atoms with Gasteiger partial charge in [-0.3, -0.25) is 14.4 Å². The Morgan fingerprint density at radius 2 is 1.51 bits per heavy atom. The summed E-state index contributed by atoms with van der Waals surface area (Å²) in [6.07, 6.45) is -1.53. The average molecular weight is 689 g/mol. The number of nitrogens with zero attached hydrogens (tertiary/aromatic N) is 3. The number of aromatic nitrogens is 2. The summed E-state index contributed by atoms with van der Waals surface area (Å²) in [6.45, 7) is 15.9. The van der Waals surface area contributed by atoms with Crippen molar-refractivity contribution in [3.05, 3.63) is 90.4 Å². The Balaban J connectivity index is 1.42. The van der Waals surface area contributed by atoms with Crippen LogP contribution >= 0.6 is 0 Å². The second-order valence-corrected chi connectivity index (χ2v) is 19.6. The maximum atomic E-state index is 14.6. The molecule has 1 aliphatic rings. The molecule has 11 heteroatoms. The number of hydrogen-bond acceptors (Lipinski definition) is 6. The summed E-state index contributed by atoms with van der Waals surface area (Å²) < 4.78 is 35.3. The standard InChI is InChI=1S/C38H49FN4O5Si/c1-36(2,3)48-35(45)43-23-31(34(44)40-38(7,8)33-29-21-16-22-30(39)32(29)42(9)41-33)46-24-26(43)25-47-49(37(4,5)6,27-17-12-10-13-18-27)28-19-14-11-15-20-28/h10-22,26,31H,23-25H2,1-9H3,(H,40,44)/t26-,31-/m0/s1. The van der Waals surface area contributed by atoms with E-state index in [0.717, 1.165) is 10.4 Å². The molecule has 0 unspecified atom stereocenters. The van der Waals surface area contributed by atoms with Crippen LogP contribution in [0.5, 0.6) is 0 Å². The number of carbonyl (C=O) groups excluding carboxylic acids is 2. The van der Waals surface area contributed by atoms with Crippen LogP contribution in [0.15, 0.2) is 78.9 Å². The van der Waals surface area contributed by atoms with E-state index in [4.69, 9.17) is 13.9 Å². The number of aryl methyl sites for hydroxylation is 1. The van der Waals surface area contributed by atoms with Crippen LogP contribution in [0.1, 0.15) is 61.1 Å².